The lowest BCUT2D eigenvalue weighted by atomic mass is 9.89. The number of hydrogen-bond donors (Lipinski definition) is 3. The summed E-state index contributed by atoms with van der Waals surface area (Å²) in [5.74, 6) is -1.04. The molecule has 0 aromatic heterocycles. The summed E-state index contributed by atoms with van der Waals surface area (Å²) in [6.07, 6.45) is 11.9. The van der Waals surface area contributed by atoms with Crippen LogP contribution in [0.2, 0.25) is 0 Å². The summed E-state index contributed by atoms with van der Waals surface area (Å²) in [5, 5.41) is 28.9. The Hall–Kier alpha value is -1.46. The summed E-state index contributed by atoms with van der Waals surface area (Å²) in [6.45, 7) is 2.09. The Morgan fingerprint density at radius 3 is 2.48 bits per heavy atom. The summed E-state index contributed by atoms with van der Waals surface area (Å²) in [7, 11) is 0. The van der Waals surface area contributed by atoms with E-state index in [1.54, 1.807) is 12.2 Å². The Bertz CT molecular complexity index is 469. The third-order valence-electron chi connectivity index (χ3n) is 4.78. The first kappa shape index (κ1) is 21.6. The van der Waals surface area contributed by atoms with Gasteiger partial charge in [0, 0.05) is 25.2 Å². The third-order valence-corrected chi connectivity index (χ3v) is 4.78. The van der Waals surface area contributed by atoms with Crippen molar-refractivity contribution in [3.8, 4) is 0 Å². The Morgan fingerprint density at radius 1 is 1.04 bits per heavy atom. The zero-order valence-corrected chi connectivity index (χ0v) is 15.1. The zero-order valence-electron chi connectivity index (χ0n) is 15.1. The summed E-state index contributed by atoms with van der Waals surface area (Å²) < 4.78 is 0. The van der Waals surface area contributed by atoms with Crippen LogP contribution in [0.3, 0.4) is 0 Å². The number of unbranched alkanes of at least 4 members (excludes halogenated alkanes) is 3. The molecule has 5 nitrogen and oxygen atoms in total. The second-order valence-electron chi connectivity index (χ2n) is 6.89. The van der Waals surface area contributed by atoms with Gasteiger partial charge in [-0.3, -0.25) is 9.59 Å². The van der Waals surface area contributed by atoms with Crippen LogP contribution >= 0.6 is 0 Å². The van der Waals surface area contributed by atoms with E-state index >= 15 is 0 Å². The van der Waals surface area contributed by atoms with E-state index in [0.29, 0.717) is 32.1 Å². The number of ketones is 1. The van der Waals surface area contributed by atoms with Crippen molar-refractivity contribution in [2.75, 3.05) is 0 Å². The van der Waals surface area contributed by atoms with Crippen LogP contribution < -0.4 is 0 Å². The van der Waals surface area contributed by atoms with E-state index in [-0.39, 0.29) is 24.0 Å². The first-order valence-electron chi connectivity index (χ1n) is 9.39. The molecule has 1 aliphatic carbocycles. The lowest BCUT2D eigenvalue weighted by molar-refractivity contribution is -0.137. The fourth-order valence-corrected chi connectivity index (χ4v) is 3.30. The highest BCUT2D eigenvalue weighted by Gasteiger charge is 2.39. The third kappa shape index (κ3) is 8.45. The van der Waals surface area contributed by atoms with Gasteiger partial charge in [-0.2, -0.15) is 0 Å². The highest BCUT2D eigenvalue weighted by atomic mass is 16.4. The van der Waals surface area contributed by atoms with E-state index in [4.69, 9.17) is 5.11 Å². The van der Waals surface area contributed by atoms with E-state index in [2.05, 4.69) is 6.92 Å². The van der Waals surface area contributed by atoms with Gasteiger partial charge >= 0.3 is 5.97 Å². The van der Waals surface area contributed by atoms with Crippen LogP contribution in [0.15, 0.2) is 24.3 Å². The van der Waals surface area contributed by atoms with E-state index in [9.17, 15) is 19.8 Å². The largest absolute Gasteiger partial charge is 0.481 e. The van der Waals surface area contributed by atoms with Gasteiger partial charge in [0.25, 0.3) is 0 Å². The molecular weight excluding hydrogens is 320 g/mol. The van der Waals surface area contributed by atoms with Crippen LogP contribution in [0.25, 0.3) is 0 Å². The topological polar surface area (TPSA) is 94.8 Å². The molecule has 0 aromatic rings. The fourth-order valence-electron chi connectivity index (χ4n) is 3.30. The van der Waals surface area contributed by atoms with Crippen LogP contribution in [0.4, 0.5) is 0 Å². The van der Waals surface area contributed by atoms with E-state index in [1.807, 2.05) is 12.2 Å². The Morgan fingerprint density at radius 2 is 1.80 bits per heavy atom. The summed E-state index contributed by atoms with van der Waals surface area (Å²) >= 11 is 0. The van der Waals surface area contributed by atoms with Gasteiger partial charge in [-0.25, -0.2) is 0 Å². The van der Waals surface area contributed by atoms with Gasteiger partial charge in [0.05, 0.1) is 12.2 Å². The molecule has 0 bridgehead atoms. The van der Waals surface area contributed by atoms with Crippen molar-refractivity contribution in [3.05, 3.63) is 24.3 Å². The van der Waals surface area contributed by atoms with Gasteiger partial charge in [0.1, 0.15) is 0 Å². The number of carboxylic acid groups (broad SMARTS) is 1. The maximum Gasteiger partial charge on any atom is 0.303 e. The van der Waals surface area contributed by atoms with E-state index in [0.717, 1.165) is 19.3 Å². The summed E-state index contributed by atoms with van der Waals surface area (Å²) in [4.78, 5) is 22.3. The standard InChI is InChI=1S/C20H32O5/c1-2-3-6-9-15(21)12-13-17-16(18(22)14-19(17)23)10-7-4-5-8-11-20(24)25/h4,7,12-13,16-19,22-23H,2-3,5-6,8-11,14H2,1H3,(H,24,25)/b7-4+,13-12+/t16-,17-,18+,19-/m1/s1. The number of aliphatic hydroxyl groups excluding tert-OH is 2. The molecule has 0 spiro atoms. The number of carboxylic acids is 1. The molecule has 25 heavy (non-hydrogen) atoms. The van der Waals surface area contributed by atoms with Crippen LogP contribution in [0.5, 0.6) is 0 Å². The first-order chi connectivity index (χ1) is 12.0. The molecule has 1 fully saturated rings. The zero-order chi connectivity index (χ0) is 18.7. The predicted molar refractivity (Wildman–Crippen MR) is 97.1 cm³/mol. The van der Waals surface area contributed by atoms with Crippen LogP contribution in [0, 0.1) is 11.8 Å². The molecule has 4 atom stereocenters. The molecule has 0 saturated heterocycles. The molecule has 1 rings (SSSR count). The SMILES string of the molecule is CCCCCC(=O)/C=C/[C@@H]1[C@@H](C/C=C/CCCC(=O)O)[C@@H](O)C[C@H]1O. The second kappa shape index (κ2) is 12.0. The normalized spacial score (nSPS) is 26.7. The number of aliphatic hydroxyl groups is 2. The van der Waals surface area contributed by atoms with Crippen molar-refractivity contribution in [1.82, 2.24) is 0 Å². The number of carbonyl (C=O) groups is 2. The molecule has 0 aromatic carbocycles. The van der Waals surface area contributed by atoms with Crippen LogP contribution in [-0.2, 0) is 9.59 Å². The van der Waals surface area contributed by atoms with Gasteiger partial charge in [0.2, 0.25) is 0 Å². The van der Waals surface area contributed by atoms with Crippen molar-refractivity contribution < 1.29 is 24.9 Å². The molecule has 0 aliphatic heterocycles. The van der Waals surface area contributed by atoms with E-state index < -0.39 is 18.2 Å². The fraction of sp³-hybridized carbons (Fsp3) is 0.700. The smallest absolute Gasteiger partial charge is 0.303 e. The first-order valence-corrected chi connectivity index (χ1v) is 9.39. The lowest BCUT2D eigenvalue weighted by Gasteiger charge is -2.19. The van der Waals surface area contributed by atoms with Gasteiger partial charge in [-0.15, -0.1) is 0 Å². The summed E-state index contributed by atoms with van der Waals surface area (Å²) in [6, 6.07) is 0. The van der Waals surface area contributed by atoms with Crippen molar-refractivity contribution in [3.63, 3.8) is 0 Å². The van der Waals surface area contributed by atoms with Gasteiger partial charge in [0.15, 0.2) is 5.78 Å². The minimum atomic E-state index is -0.795. The van der Waals surface area contributed by atoms with Gasteiger partial charge in [-0.1, -0.05) is 38.0 Å². The van der Waals surface area contributed by atoms with Gasteiger partial charge in [-0.05, 0) is 37.7 Å². The predicted octanol–water partition coefficient (Wildman–Crippen LogP) is 3.25. The highest BCUT2D eigenvalue weighted by Crippen LogP contribution is 2.36. The minimum absolute atomic E-state index is 0.0741. The Balaban J connectivity index is 2.48. The van der Waals surface area contributed by atoms with Crippen molar-refractivity contribution >= 4 is 11.8 Å². The monoisotopic (exact) mass is 352 g/mol. The molecule has 1 aliphatic rings. The van der Waals surface area contributed by atoms with Crippen molar-refractivity contribution in [2.24, 2.45) is 11.8 Å². The molecule has 0 amide bonds. The average molecular weight is 352 g/mol. The molecule has 142 valence electrons. The number of aliphatic carboxylic acids is 1. The molecule has 0 unspecified atom stereocenters. The minimum Gasteiger partial charge on any atom is -0.481 e. The van der Waals surface area contributed by atoms with Crippen LogP contribution in [0.1, 0.15) is 64.7 Å². The molecule has 0 heterocycles. The summed E-state index contributed by atoms with van der Waals surface area (Å²) in [5.41, 5.74) is 0. The molecule has 1 saturated carbocycles. The molecule has 0 radical (unpaired) electrons. The number of allylic oxidation sites excluding steroid dienone is 3. The van der Waals surface area contributed by atoms with Crippen molar-refractivity contribution in [1.29, 1.82) is 0 Å². The van der Waals surface area contributed by atoms with E-state index in [1.165, 1.54) is 0 Å². The molecule has 3 N–H and O–H groups in total. The number of carbonyl (C=O) groups excluding carboxylic acids is 1. The quantitative estimate of drug-likeness (QED) is 0.285. The maximum atomic E-state index is 11.9. The van der Waals surface area contributed by atoms with Gasteiger partial charge < -0.3 is 15.3 Å². The second-order valence-corrected chi connectivity index (χ2v) is 6.89. The highest BCUT2D eigenvalue weighted by molar-refractivity contribution is 5.89. The Kier molecular flexibility index (Phi) is 10.3. The molecule has 5 heteroatoms. The number of hydrogen-bond acceptors (Lipinski definition) is 4. The average Bonchev–Trinajstić information content (AvgIpc) is 2.82. The number of rotatable bonds is 12. The van der Waals surface area contributed by atoms with Crippen molar-refractivity contribution in [2.45, 2.75) is 76.9 Å². The van der Waals surface area contributed by atoms with Crippen LogP contribution in [-0.4, -0.2) is 39.3 Å². The Labute approximate surface area is 150 Å². The molecular formula is C20H32O5. The lowest BCUT2D eigenvalue weighted by Crippen LogP contribution is -2.20. The maximum absolute atomic E-state index is 11.9.